The van der Waals surface area contributed by atoms with Gasteiger partial charge in [0.2, 0.25) is 0 Å². The summed E-state index contributed by atoms with van der Waals surface area (Å²) >= 11 is 0. The molecule has 4 nitrogen and oxygen atoms in total. The zero-order valence-corrected chi connectivity index (χ0v) is 18.7. The lowest BCUT2D eigenvalue weighted by Gasteiger charge is -2.32. The van der Waals surface area contributed by atoms with E-state index in [2.05, 4.69) is 34.6 Å². The average Bonchev–Trinajstić information content (AvgIpc) is 2.66. The van der Waals surface area contributed by atoms with E-state index in [0.29, 0.717) is 42.8 Å². The maximum Gasteiger partial charge on any atom is 0.309 e. The van der Waals surface area contributed by atoms with Crippen molar-refractivity contribution in [2.75, 3.05) is 13.2 Å². The van der Waals surface area contributed by atoms with Gasteiger partial charge < -0.3 is 9.47 Å². The van der Waals surface area contributed by atoms with Crippen LogP contribution in [0.5, 0.6) is 0 Å². The van der Waals surface area contributed by atoms with Gasteiger partial charge in [-0.1, -0.05) is 60.3 Å². The molecule has 0 N–H and O–H groups in total. The standard InChI is InChI=1S/C24H42O4/c1-16(12-14-27-23(25)21-10-6-8-17(2)19(21)4)13-15-28-24(26)22-11-7-9-18(3)20(22)5/h16-22H,6-15H2,1-5H3. The lowest BCUT2D eigenvalue weighted by molar-refractivity contribution is -0.152. The normalized spacial score (nSPS) is 34.5. The third-order valence-electron chi connectivity index (χ3n) is 7.73. The molecule has 0 aromatic rings. The van der Waals surface area contributed by atoms with Crippen molar-refractivity contribution in [2.24, 2.45) is 41.4 Å². The largest absolute Gasteiger partial charge is 0.465 e. The Morgan fingerprint density at radius 2 is 1.14 bits per heavy atom. The second kappa shape index (κ2) is 11.2. The van der Waals surface area contributed by atoms with Crippen molar-refractivity contribution in [2.45, 2.75) is 86.0 Å². The third-order valence-corrected chi connectivity index (χ3v) is 7.73. The van der Waals surface area contributed by atoms with E-state index < -0.39 is 0 Å². The summed E-state index contributed by atoms with van der Waals surface area (Å²) in [6.07, 6.45) is 8.30. The zero-order chi connectivity index (χ0) is 20.7. The van der Waals surface area contributed by atoms with Crippen LogP contribution >= 0.6 is 0 Å². The maximum absolute atomic E-state index is 12.4. The Balaban J connectivity index is 1.60. The van der Waals surface area contributed by atoms with Gasteiger partial charge in [-0.2, -0.15) is 0 Å². The number of carbonyl (C=O) groups excluding carboxylic acids is 2. The summed E-state index contributed by atoms with van der Waals surface area (Å²) in [5.74, 6) is 2.54. The van der Waals surface area contributed by atoms with Gasteiger partial charge in [0.15, 0.2) is 0 Å². The van der Waals surface area contributed by atoms with E-state index in [9.17, 15) is 9.59 Å². The molecule has 0 aromatic heterocycles. The molecule has 28 heavy (non-hydrogen) atoms. The molecule has 2 fully saturated rings. The first-order valence-electron chi connectivity index (χ1n) is 11.6. The Kier molecular flexibility index (Phi) is 9.30. The fraction of sp³-hybridized carbons (Fsp3) is 0.917. The minimum absolute atomic E-state index is 0.0157. The van der Waals surface area contributed by atoms with Crippen LogP contribution in [0, 0.1) is 41.4 Å². The van der Waals surface area contributed by atoms with Crippen LogP contribution in [0.25, 0.3) is 0 Å². The third kappa shape index (κ3) is 6.49. The highest BCUT2D eigenvalue weighted by molar-refractivity contribution is 5.73. The van der Waals surface area contributed by atoms with Crippen LogP contribution in [-0.4, -0.2) is 25.2 Å². The molecule has 2 rings (SSSR count). The smallest absolute Gasteiger partial charge is 0.309 e. The number of rotatable bonds is 8. The van der Waals surface area contributed by atoms with Crippen molar-refractivity contribution in [3.63, 3.8) is 0 Å². The van der Waals surface area contributed by atoms with E-state index >= 15 is 0 Å². The van der Waals surface area contributed by atoms with E-state index in [-0.39, 0.29) is 23.8 Å². The summed E-state index contributed by atoms with van der Waals surface area (Å²) in [5, 5.41) is 0. The van der Waals surface area contributed by atoms with Gasteiger partial charge in [0, 0.05) is 0 Å². The summed E-state index contributed by atoms with van der Waals surface area (Å²) < 4.78 is 11.1. The molecule has 162 valence electrons. The Hall–Kier alpha value is -1.06. The molecular weight excluding hydrogens is 352 g/mol. The molecule has 0 saturated heterocycles. The van der Waals surface area contributed by atoms with Crippen molar-refractivity contribution in [1.29, 1.82) is 0 Å². The van der Waals surface area contributed by atoms with Gasteiger partial charge in [0.25, 0.3) is 0 Å². The second-order valence-corrected chi connectivity index (χ2v) is 9.77. The van der Waals surface area contributed by atoms with Crippen molar-refractivity contribution < 1.29 is 19.1 Å². The van der Waals surface area contributed by atoms with Gasteiger partial charge in [-0.15, -0.1) is 0 Å². The Bertz CT molecular complexity index is 459. The number of esters is 2. The van der Waals surface area contributed by atoms with Crippen LogP contribution in [0.15, 0.2) is 0 Å². The first kappa shape index (κ1) is 23.2. The summed E-state index contributed by atoms with van der Waals surface area (Å²) in [6, 6.07) is 0. The van der Waals surface area contributed by atoms with E-state index in [4.69, 9.17) is 9.47 Å². The monoisotopic (exact) mass is 394 g/mol. The van der Waals surface area contributed by atoms with Gasteiger partial charge in [-0.05, 0) is 55.3 Å². The van der Waals surface area contributed by atoms with Crippen LogP contribution in [0.1, 0.15) is 86.0 Å². The highest BCUT2D eigenvalue weighted by Gasteiger charge is 2.34. The zero-order valence-electron chi connectivity index (χ0n) is 18.7. The number of carbonyl (C=O) groups is 2. The molecule has 0 heterocycles. The minimum Gasteiger partial charge on any atom is -0.465 e. The summed E-state index contributed by atoms with van der Waals surface area (Å²) in [4.78, 5) is 24.8. The van der Waals surface area contributed by atoms with Crippen LogP contribution in [0.4, 0.5) is 0 Å². The van der Waals surface area contributed by atoms with Crippen LogP contribution in [0.3, 0.4) is 0 Å². The van der Waals surface area contributed by atoms with E-state index in [1.165, 1.54) is 12.8 Å². The van der Waals surface area contributed by atoms with Gasteiger partial charge in [0.05, 0.1) is 25.0 Å². The second-order valence-electron chi connectivity index (χ2n) is 9.77. The molecule has 6 atom stereocenters. The predicted octanol–water partition coefficient (Wildman–Crippen LogP) is 5.63. The van der Waals surface area contributed by atoms with Gasteiger partial charge in [0.1, 0.15) is 0 Å². The molecule has 0 bridgehead atoms. The predicted molar refractivity (Wildman–Crippen MR) is 112 cm³/mol. The molecule has 0 aromatic carbocycles. The van der Waals surface area contributed by atoms with Crippen LogP contribution in [0.2, 0.25) is 0 Å². The molecule has 0 amide bonds. The fourth-order valence-corrected chi connectivity index (χ4v) is 4.91. The molecular formula is C24H42O4. The Labute approximate surface area is 172 Å². The fourth-order valence-electron chi connectivity index (χ4n) is 4.91. The van der Waals surface area contributed by atoms with E-state index in [1.807, 2.05) is 0 Å². The molecule has 0 aliphatic heterocycles. The molecule has 2 saturated carbocycles. The Morgan fingerprint density at radius 3 is 1.54 bits per heavy atom. The van der Waals surface area contributed by atoms with E-state index in [0.717, 1.165) is 38.5 Å². The SMILES string of the molecule is CC(CCOC(=O)C1CCCC(C)C1C)CCOC(=O)C1CCCC(C)C1C. The highest BCUT2D eigenvalue weighted by Crippen LogP contribution is 2.36. The molecule has 0 spiro atoms. The topological polar surface area (TPSA) is 52.6 Å². The molecule has 2 aliphatic carbocycles. The highest BCUT2D eigenvalue weighted by atomic mass is 16.5. The molecule has 0 radical (unpaired) electrons. The molecule has 4 heteroatoms. The Morgan fingerprint density at radius 1 is 0.750 bits per heavy atom. The summed E-state index contributed by atoms with van der Waals surface area (Å²) in [5.41, 5.74) is 0. The first-order chi connectivity index (χ1) is 13.3. The van der Waals surface area contributed by atoms with Crippen molar-refractivity contribution in [3.05, 3.63) is 0 Å². The summed E-state index contributed by atoms with van der Waals surface area (Å²) in [6.45, 7) is 11.9. The molecule has 2 aliphatic rings. The van der Waals surface area contributed by atoms with Gasteiger partial charge in [-0.3, -0.25) is 9.59 Å². The molecule has 6 unspecified atom stereocenters. The maximum atomic E-state index is 12.4. The first-order valence-corrected chi connectivity index (χ1v) is 11.6. The number of ether oxygens (including phenoxy) is 2. The van der Waals surface area contributed by atoms with Crippen molar-refractivity contribution >= 4 is 11.9 Å². The number of hydrogen-bond acceptors (Lipinski definition) is 4. The van der Waals surface area contributed by atoms with E-state index in [1.54, 1.807) is 0 Å². The van der Waals surface area contributed by atoms with Crippen molar-refractivity contribution in [3.8, 4) is 0 Å². The number of hydrogen-bond donors (Lipinski definition) is 0. The van der Waals surface area contributed by atoms with Gasteiger partial charge in [-0.25, -0.2) is 0 Å². The quantitative estimate of drug-likeness (QED) is 0.500. The van der Waals surface area contributed by atoms with Crippen molar-refractivity contribution in [1.82, 2.24) is 0 Å². The van der Waals surface area contributed by atoms with Gasteiger partial charge >= 0.3 is 11.9 Å². The average molecular weight is 395 g/mol. The lowest BCUT2D eigenvalue weighted by Crippen LogP contribution is -2.32. The van der Waals surface area contributed by atoms with Crippen LogP contribution in [-0.2, 0) is 19.1 Å². The van der Waals surface area contributed by atoms with Crippen LogP contribution < -0.4 is 0 Å². The minimum atomic E-state index is -0.0157. The summed E-state index contributed by atoms with van der Waals surface area (Å²) in [7, 11) is 0. The lowest BCUT2D eigenvalue weighted by atomic mass is 9.74.